The Balaban J connectivity index is 4.42. The molecule has 0 aromatic carbocycles. The van der Waals surface area contributed by atoms with Gasteiger partial charge in [-0.1, -0.05) is 197 Å². The van der Waals surface area contributed by atoms with Gasteiger partial charge >= 0.3 is 17.9 Å². The van der Waals surface area contributed by atoms with Crippen molar-refractivity contribution < 1.29 is 28.6 Å². The van der Waals surface area contributed by atoms with Crippen LogP contribution in [-0.4, -0.2) is 37.2 Å². The van der Waals surface area contributed by atoms with Crippen LogP contribution in [0.3, 0.4) is 0 Å². The standard InChI is InChI=1S/C55H96O6/c1-4-7-10-13-16-19-21-23-25-27-29-31-33-36-39-42-45-48-54(57)60-51-52(50-59-53(56)47-44-41-38-35-18-15-12-9-6-3)61-55(58)49-46-43-40-37-34-32-30-28-26-24-22-20-17-14-11-8-5-2/h23-26,29,31,35-36,38-39,52H,4-22,27-28,30,32-34,37,40-51H2,1-3H3/b25-23-,26-24-,31-29-,38-35-,39-36-. The molecule has 0 aromatic heterocycles. The van der Waals surface area contributed by atoms with Crippen molar-refractivity contribution in [3.05, 3.63) is 60.8 Å². The molecule has 6 heteroatoms. The zero-order valence-corrected chi connectivity index (χ0v) is 40.2. The van der Waals surface area contributed by atoms with Gasteiger partial charge in [0.1, 0.15) is 13.2 Å². The quantitative estimate of drug-likeness (QED) is 0.0263. The van der Waals surface area contributed by atoms with E-state index in [1.54, 1.807) is 0 Å². The van der Waals surface area contributed by atoms with Crippen LogP contribution < -0.4 is 0 Å². The molecule has 0 aromatic rings. The van der Waals surface area contributed by atoms with Gasteiger partial charge in [-0.2, -0.15) is 0 Å². The molecule has 0 rings (SSSR count). The lowest BCUT2D eigenvalue weighted by molar-refractivity contribution is -0.167. The van der Waals surface area contributed by atoms with E-state index in [9.17, 15) is 14.4 Å². The minimum absolute atomic E-state index is 0.107. The van der Waals surface area contributed by atoms with Gasteiger partial charge in [0.15, 0.2) is 6.10 Å². The SMILES string of the molecule is CCCCCC/C=C\CCCC(=O)OCC(COC(=O)CCC/C=C\C/C=C\C/C=C\CCCCCCCC)OC(=O)CCCCCCCCC/C=C\CCCCCCCC. The predicted molar refractivity (Wildman–Crippen MR) is 261 cm³/mol. The average Bonchev–Trinajstić information content (AvgIpc) is 3.26. The zero-order valence-electron chi connectivity index (χ0n) is 40.2. The fraction of sp³-hybridized carbons (Fsp3) is 0.764. The number of carbonyl (C=O) groups excluding carboxylic acids is 3. The topological polar surface area (TPSA) is 78.9 Å². The Morgan fingerprint density at radius 2 is 0.607 bits per heavy atom. The molecule has 0 amide bonds. The van der Waals surface area contributed by atoms with Crippen LogP contribution in [0, 0.1) is 0 Å². The summed E-state index contributed by atoms with van der Waals surface area (Å²) in [6.45, 7) is 6.52. The van der Waals surface area contributed by atoms with Crippen molar-refractivity contribution in [2.24, 2.45) is 0 Å². The van der Waals surface area contributed by atoms with Crippen LogP contribution in [0.15, 0.2) is 60.8 Å². The minimum Gasteiger partial charge on any atom is -0.462 e. The Morgan fingerprint density at radius 1 is 0.328 bits per heavy atom. The van der Waals surface area contributed by atoms with Crippen molar-refractivity contribution >= 4 is 17.9 Å². The summed E-state index contributed by atoms with van der Waals surface area (Å²) in [5, 5.41) is 0. The van der Waals surface area contributed by atoms with Gasteiger partial charge in [0.25, 0.3) is 0 Å². The van der Waals surface area contributed by atoms with Gasteiger partial charge in [-0.15, -0.1) is 0 Å². The molecule has 61 heavy (non-hydrogen) atoms. The van der Waals surface area contributed by atoms with E-state index in [1.807, 2.05) is 0 Å². The molecule has 1 unspecified atom stereocenters. The smallest absolute Gasteiger partial charge is 0.306 e. The number of ether oxygens (including phenoxy) is 3. The second kappa shape index (κ2) is 49.8. The normalized spacial score (nSPS) is 12.5. The molecule has 352 valence electrons. The first-order valence-corrected chi connectivity index (χ1v) is 25.8. The second-order valence-electron chi connectivity index (χ2n) is 17.1. The van der Waals surface area contributed by atoms with Crippen molar-refractivity contribution in [2.75, 3.05) is 13.2 Å². The maximum Gasteiger partial charge on any atom is 0.306 e. The summed E-state index contributed by atoms with van der Waals surface area (Å²) in [6.07, 6.45) is 60.8. The van der Waals surface area contributed by atoms with Crippen molar-refractivity contribution in [2.45, 2.75) is 258 Å². The van der Waals surface area contributed by atoms with Gasteiger partial charge in [0.05, 0.1) is 0 Å². The first-order chi connectivity index (χ1) is 30.0. The van der Waals surface area contributed by atoms with Crippen molar-refractivity contribution in [3.8, 4) is 0 Å². The van der Waals surface area contributed by atoms with Crippen LogP contribution in [0.1, 0.15) is 252 Å². The van der Waals surface area contributed by atoms with Gasteiger partial charge in [-0.05, 0) is 96.3 Å². The monoisotopic (exact) mass is 853 g/mol. The highest BCUT2D eigenvalue weighted by Gasteiger charge is 2.19. The summed E-state index contributed by atoms with van der Waals surface area (Å²) in [5.74, 6) is -0.995. The number of unbranched alkanes of at least 4 members (excludes halogenated alkanes) is 25. The van der Waals surface area contributed by atoms with Crippen LogP contribution in [0.5, 0.6) is 0 Å². The van der Waals surface area contributed by atoms with E-state index in [1.165, 1.54) is 148 Å². The van der Waals surface area contributed by atoms with Gasteiger partial charge in [0, 0.05) is 19.3 Å². The molecule has 0 radical (unpaired) electrons. The Bertz CT molecular complexity index is 1120. The van der Waals surface area contributed by atoms with E-state index in [2.05, 4.69) is 81.5 Å². The number of hydrogen-bond acceptors (Lipinski definition) is 6. The Kier molecular flexibility index (Phi) is 47.4. The largest absolute Gasteiger partial charge is 0.462 e. The van der Waals surface area contributed by atoms with Crippen molar-refractivity contribution in [3.63, 3.8) is 0 Å². The van der Waals surface area contributed by atoms with Crippen molar-refractivity contribution in [1.29, 1.82) is 0 Å². The van der Waals surface area contributed by atoms with Crippen LogP contribution in [0.4, 0.5) is 0 Å². The highest BCUT2D eigenvalue weighted by molar-refractivity contribution is 5.71. The number of esters is 3. The minimum atomic E-state index is -0.805. The molecule has 1 atom stereocenters. The van der Waals surface area contributed by atoms with Gasteiger partial charge in [-0.3, -0.25) is 14.4 Å². The Labute approximate surface area is 377 Å². The van der Waals surface area contributed by atoms with Gasteiger partial charge < -0.3 is 14.2 Å². The van der Waals surface area contributed by atoms with E-state index < -0.39 is 6.10 Å². The summed E-state index contributed by atoms with van der Waals surface area (Å²) >= 11 is 0. The van der Waals surface area contributed by atoms with E-state index in [4.69, 9.17) is 14.2 Å². The van der Waals surface area contributed by atoms with Crippen LogP contribution in [-0.2, 0) is 28.6 Å². The van der Waals surface area contributed by atoms with E-state index in [0.717, 1.165) is 51.4 Å². The van der Waals surface area contributed by atoms with E-state index >= 15 is 0 Å². The maximum absolute atomic E-state index is 12.8. The Hall–Kier alpha value is -2.89. The maximum atomic E-state index is 12.8. The lowest BCUT2D eigenvalue weighted by Gasteiger charge is -2.18. The molecule has 0 aliphatic heterocycles. The molecule has 0 bridgehead atoms. The third-order valence-corrected chi connectivity index (χ3v) is 11.0. The third-order valence-electron chi connectivity index (χ3n) is 11.0. The predicted octanol–water partition coefficient (Wildman–Crippen LogP) is 16.9. The molecule has 0 heterocycles. The zero-order chi connectivity index (χ0) is 44.4. The molecule has 0 N–H and O–H groups in total. The Morgan fingerprint density at radius 3 is 1.00 bits per heavy atom. The molecule has 0 saturated heterocycles. The van der Waals surface area contributed by atoms with E-state index in [-0.39, 0.29) is 37.5 Å². The highest BCUT2D eigenvalue weighted by atomic mass is 16.6. The van der Waals surface area contributed by atoms with E-state index in [0.29, 0.717) is 25.7 Å². The average molecular weight is 853 g/mol. The van der Waals surface area contributed by atoms with Crippen LogP contribution >= 0.6 is 0 Å². The second-order valence-corrected chi connectivity index (χ2v) is 17.1. The van der Waals surface area contributed by atoms with Crippen LogP contribution in [0.25, 0.3) is 0 Å². The number of carbonyl (C=O) groups is 3. The van der Waals surface area contributed by atoms with Gasteiger partial charge in [0.2, 0.25) is 0 Å². The highest BCUT2D eigenvalue weighted by Crippen LogP contribution is 2.13. The fourth-order valence-corrected chi connectivity index (χ4v) is 7.04. The molecular weight excluding hydrogens is 757 g/mol. The lowest BCUT2D eigenvalue weighted by Crippen LogP contribution is -2.30. The summed E-state index contributed by atoms with van der Waals surface area (Å²) in [6, 6.07) is 0. The first kappa shape index (κ1) is 58.1. The summed E-state index contributed by atoms with van der Waals surface area (Å²) < 4.78 is 16.7. The number of hydrogen-bond donors (Lipinski definition) is 0. The van der Waals surface area contributed by atoms with Crippen molar-refractivity contribution in [1.82, 2.24) is 0 Å². The van der Waals surface area contributed by atoms with Crippen LogP contribution in [0.2, 0.25) is 0 Å². The summed E-state index contributed by atoms with van der Waals surface area (Å²) in [5.41, 5.74) is 0. The summed E-state index contributed by atoms with van der Waals surface area (Å²) in [4.78, 5) is 37.8. The first-order valence-electron chi connectivity index (χ1n) is 25.8. The molecule has 0 fully saturated rings. The molecule has 0 aliphatic rings. The van der Waals surface area contributed by atoms with Gasteiger partial charge in [-0.25, -0.2) is 0 Å². The lowest BCUT2D eigenvalue weighted by atomic mass is 10.1. The molecule has 0 saturated carbocycles. The summed E-state index contributed by atoms with van der Waals surface area (Å²) in [7, 11) is 0. The third kappa shape index (κ3) is 48.0. The number of rotatable bonds is 46. The molecule has 6 nitrogen and oxygen atoms in total. The number of allylic oxidation sites excluding steroid dienone is 10. The molecule has 0 spiro atoms. The molecular formula is C55H96O6. The fourth-order valence-electron chi connectivity index (χ4n) is 7.04. The molecule has 0 aliphatic carbocycles.